The van der Waals surface area contributed by atoms with Crippen molar-refractivity contribution in [2.75, 3.05) is 0 Å². The van der Waals surface area contributed by atoms with Crippen molar-refractivity contribution in [1.29, 1.82) is 0 Å². The van der Waals surface area contributed by atoms with Crippen molar-refractivity contribution in [3.8, 4) is 5.75 Å². The first-order valence-electron chi connectivity index (χ1n) is 5.32. The van der Waals surface area contributed by atoms with Gasteiger partial charge in [-0.25, -0.2) is 0 Å². The molecule has 1 aromatic carbocycles. The van der Waals surface area contributed by atoms with Gasteiger partial charge in [-0.1, -0.05) is 24.3 Å². The summed E-state index contributed by atoms with van der Waals surface area (Å²) in [5, 5.41) is 2.09. The highest BCUT2D eigenvalue weighted by Crippen LogP contribution is 2.37. The summed E-state index contributed by atoms with van der Waals surface area (Å²) in [6.45, 7) is 2.14. The van der Waals surface area contributed by atoms with Crippen molar-refractivity contribution in [1.82, 2.24) is 0 Å². The molecule has 2 heterocycles. The Labute approximate surface area is 99.0 Å². The maximum absolute atomic E-state index is 5.98. The first-order valence-corrected chi connectivity index (χ1v) is 6.20. The van der Waals surface area contributed by atoms with Crippen LogP contribution in [-0.2, 0) is 0 Å². The first-order chi connectivity index (χ1) is 7.84. The Kier molecular flexibility index (Phi) is 2.29. The van der Waals surface area contributed by atoms with E-state index in [0.29, 0.717) is 0 Å². The van der Waals surface area contributed by atoms with Crippen LogP contribution in [0.15, 0.2) is 47.9 Å². The van der Waals surface area contributed by atoms with Crippen LogP contribution in [0.5, 0.6) is 5.75 Å². The zero-order chi connectivity index (χ0) is 11.0. The molecule has 0 unspecified atom stereocenters. The van der Waals surface area contributed by atoms with Gasteiger partial charge in [0.15, 0.2) is 6.10 Å². The average Bonchev–Trinajstić information content (AvgIpc) is 2.82. The maximum Gasteiger partial charge on any atom is 0.152 e. The standard InChI is InChI=1S/C14H12OS/c1-10-9-13(14-7-4-8-16-14)15-12-6-3-2-5-11(10)12/h2-9,13H,1H3/t13-/m1/s1. The van der Waals surface area contributed by atoms with Crippen molar-refractivity contribution in [3.63, 3.8) is 0 Å². The topological polar surface area (TPSA) is 9.23 Å². The number of ether oxygens (including phenoxy) is 1. The Hall–Kier alpha value is -1.54. The summed E-state index contributed by atoms with van der Waals surface area (Å²) >= 11 is 1.74. The minimum atomic E-state index is 0.0786. The van der Waals surface area contributed by atoms with Crippen LogP contribution in [-0.4, -0.2) is 0 Å². The summed E-state index contributed by atoms with van der Waals surface area (Å²) in [6.07, 6.45) is 2.27. The predicted octanol–water partition coefficient (Wildman–Crippen LogP) is 4.29. The van der Waals surface area contributed by atoms with Gasteiger partial charge in [-0.05, 0) is 36.1 Å². The van der Waals surface area contributed by atoms with E-state index in [1.54, 1.807) is 11.3 Å². The van der Waals surface area contributed by atoms with Gasteiger partial charge in [0.1, 0.15) is 5.75 Å². The second kappa shape index (κ2) is 3.80. The Bertz CT molecular complexity index is 525. The molecule has 16 heavy (non-hydrogen) atoms. The minimum Gasteiger partial charge on any atom is -0.480 e. The highest BCUT2D eigenvalue weighted by Gasteiger charge is 2.19. The maximum atomic E-state index is 5.98. The molecule has 0 N–H and O–H groups in total. The molecule has 0 saturated heterocycles. The van der Waals surface area contributed by atoms with Gasteiger partial charge in [0.25, 0.3) is 0 Å². The van der Waals surface area contributed by atoms with E-state index in [4.69, 9.17) is 4.74 Å². The van der Waals surface area contributed by atoms with E-state index in [1.807, 2.05) is 18.2 Å². The van der Waals surface area contributed by atoms with E-state index < -0.39 is 0 Å². The van der Waals surface area contributed by atoms with Gasteiger partial charge < -0.3 is 4.74 Å². The van der Waals surface area contributed by atoms with Crippen LogP contribution >= 0.6 is 11.3 Å². The fourth-order valence-electron chi connectivity index (χ4n) is 1.98. The number of allylic oxidation sites excluding steroid dienone is 1. The molecule has 2 heteroatoms. The molecule has 80 valence electrons. The van der Waals surface area contributed by atoms with Crippen molar-refractivity contribution < 1.29 is 4.74 Å². The van der Waals surface area contributed by atoms with Crippen LogP contribution in [0.1, 0.15) is 23.5 Å². The molecule has 0 radical (unpaired) electrons. The molecule has 0 bridgehead atoms. The SMILES string of the molecule is CC1=C[C@H](c2cccs2)Oc2ccccc21. The number of para-hydroxylation sites is 1. The number of fused-ring (bicyclic) bond motifs is 1. The number of benzene rings is 1. The third-order valence-electron chi connectivity index (χ3n) is 2.79. The lowest BCUT2D eigenvalue weighted by Gasteiger charge is -2.23. The molecule has 1 nitrogen and oxygen atoms in total. The molecule has 0 spiro atoms. The lowest BCUT2D eigenvalue weighted by molar-refractivity contribution is 0.254. The van der Waals surface area contributed by atoms with E-state index >= 15 is 0 Å². The fraction of sp³-hybridized carbons (Fsp3) is 0.143. The molecule has 0 amide bonds. The summed E-state index contributed by atoms with van der Waals surface area (Å²) in [6, 6.07) is 12.4. The second-order valence-corrected chi connectivity index (χ2v) is 4.88. The van der Waals surface area contributed by atoms with Crippen molar-refractivity contribution in [2.24, 2.45) is 0 Å². The normalized spacial score (nSPS) is 18.6. The van der Waals surface area contributed by atoms with Gasteiger partial charge in [0.2, 0.25) is 0 Å². The van der Waals surface area contributed by atoms with Crippen molar-refractivity contribution in [3.05, 3.63) is 58.3 Å². The summed E-state index contributed by atoms with van der Waals surface area (Å²) in [5.74, 6) is 0.987. The third kappa shape index (κ3) is 1.55. The van der Waals surface area contributed by atoms with Gasteiger partial charge in [-0.3, -0.25) is 0 Å². The molecule has 2 aromatic rings. The highest BCUT2D eigenvalue weighted by molar-refractivity contribution is 7.10. The highest BCUT2D eigenvalue weighted by atomic mass is 32.1. The largest absolute Gasteiger partial charge is 0.480 e. The lowest BCUT2D eigenvalue weighted by Crippen LogP contribution is -2.09. The second-order valence-electron chi connectivity index (χ2n) is 3.90. The molecule has 0 saturated carbocycles. The number of hydrogen-bond donors (Lipinski definition) is 0. The predicted molar refractivity (Wildman–Crippen MR) is 67.8 cm³/mol. The first kappa shape index (κ1) is 9.67. The quantitative estimate of drug-likeness (QED) is 0.707. The van der Waals surface area contributed by atoms with Crippen LogP contribution in [0.25, 0.3) is 5.57 Å². The number of rotatable bonds is 1. The summed E-state index contributed by atoms with van der Waals surface area (Å²) in [7, 11) is 0. The Balaban J connectivity index is 2.03. The summed E-state index contributed by atoms with van der Waals surface area (Å²) in [5.41, 5.74) is 2.50. The van der Waals surface area contributed by atoms with Gasteiger partial charge in [-0.2, -0.15) is 0 Å². The van der Waals surface area contributed by atoms with Gasteiger partial charge >= 0.3 is 0 Å². The van der Waals surface area contributed by atoms with E-state index in [1.165, 1.54) is 16.0 Å². The van der Waals surface area contributed by atoms with Crippen molar-refractivity contribution >= 4 is 16.9 Å². The number of hydrogen-bond acceptors (Lipinski definition) is 2. The zero-order valence-corrected chi connectivity index (χ0v) is 9.83. The Morgan fingerprint density at radius 3 is 2.81 bits per heavy atom. The zero-order valence-electron chi connectivity index (χ0n) is 9.01. The molecular formula is C14H12OS. The van der Waals surface area contributed by atoms with E-state index in [2.05, 4.69) is 36.6 Å². The van der Waals surface area contributed by atoms with Gasteiger partial charge in [-0.15, -0.1) is 11.3 Å². The van der Waals surface area contributed by atoms with Crippen LogP contribution in [0.2, 0.25) is 0 Å². The number of thiophene rings is 1. The molecular weight excluding hydrogens is 216 g/mol. The van der Waals surface area contributed by atoms with E-state index in [-0.39, 0.29) is 6.10 Å². The molecule has 1 aromatic heterocycles. The van der Waals surface area contributed by atoms with Crippen LogP contribution in [0, 0.1) is 0 Å². The Morgan fingerprint density at radius 2 is 2.00 bits per heavy atom. The van der Waals surface area contributed by atoms with Gasteiger partial charge in [0.05, 0.1) is 0 Å². The molecule has 1 aliphatic heterocycles. The summed E-state index contributed by atoms with van der Waals surface area (Å²) in [4.78, 5) is 1.26. The van der Waals surface area contributed by atoms with Crippen LogP contribution in [0.4, 0.5) is 0 Å². The molecule has 3 rings (SSSR count). The third-order valence-corrected chi connectivity index (χ3v) is 3.72. The molecule has 1 atom stereocenters. The fourth-order valence-corrected chi connectivity index (χ4v) is 2.70. The molecule has 1 aliphatic rings. The Morgan fingerprint density at radius 1 is 1.12 bits per heavy atom. The van der Waals surface area contributed by atoms with Crippen LogP contribution in [0.3, 0.4) is 0 Å². The van der Waals surface area contributed by atoms with E-state index in [9.17, 15) is 0 Å². The smallest absolute Gasteiger partial charge is 0.152 e. The van der Waals surface area contributed by atoms with Crippen molar-refractivity contribution in [2.45, 2.75) is 13.0 Å². The lowest BCUT2D eigenvalue weighted by atomic mass is 10.0. The molecule has 0 aliphatic carbocycles. The van der Waals surface area contributed by atoms with Crippen LogP contribution < -0.4 is 4.74 Å². The molecule has 0 fully saturated rings. The van der Waals surface area contributed by atoms with Gasteiger partial charge in [0, 0.05) is 10.4 Å². The monoisotopic (exact) mass is 228 g/mol. The average molecular weight is 228 g/mol. The minimum absolute atomic E-state index is 0.0786. The summed E-state index contributed by atoms with van der Waals surface area (Å²) < 4.78 is 5.98. The van der Waals surface area contributed by atoms with E-state index in [0.717, 1.165) is 5.75 Å².